The van der Waals surface area contributed by atoms with Crippen LogP contribution in [0.25, 0.3) is 0 Å². The molecule has 0 aliphatic rings. The van der Waals surface area contributed by atoms with E-state index in [-0.39, 0.29) is 6.61 Å². The highest BCUT2D eigenvalue weighted by atomic mass is 16.5. The van der Waals surface area contributed by atoms with Gasteiger partial charge in [-0.25, -0.2) is 4.79 Å². The first-order valence-electron chi connectivity index (χ1n) is 6.27. The van der Waals surface area contributed by atoms with E-state index in [1.807, 2.05) is 30.3 Å². The van der Waals surface area contributed by atoms with E-state index in [4.69, 9.17) is 10.8 Å². The van der Waals surface area contributed by atoms with E-state index in [2.05, 4.69) is 11.7 Å². The average molecular weight is 253 g/mol. The summed E-state index contributed by atoms with van der Waals surface area (Å²) in [5, 5.41) is 8.29. The van der Waals surface area contributed by atoms with Crippen LogP contribution in [0.15, 0.2) is 30.3 Å². The minimum atomic E-state index is -0.742. The number of nitrogens with two attached hydrogens (primary N) is 1. The molecular formula is C14H23NO3. The third kappa shape index (κ3) is 11.0. The van der Waals surface area contributed by atoms with Gasteiger partial charge in [0, 0.05) is 6.61 Å². The van der Waals surface area contributed by atoms with E-state index < -0.39 is 6.09 Å². The molecular weight excluding hydrogens is 230 g/mol. The van der Waals surface area contributed by atoms with Gasteiger partial charge in [0.15, 0.2) is 0 Å². The molecule has 3 N–H and O–H groups in total. The summed E-state index contributed by atoms with van der Waals surface area (Å²) in [5.74, 6) is 0. The fourth-order valence-electron chi connectivity index (χ4n) is 1.27. The summed E-state index contributed by atoms with van der Waals surface area (Å²) < 4.78 is 4.57. The molecule has 1 rings (SSSR count). The smallest absolute Gasteiger partial charge is 0.404 e. The number of aliphatic hydroxyl groups is 1. The number of carbonyl (C=O) groups excluding carboxylic acids is 1. The molecule has 0 unspecified atom stereocenters. The van der Waals surface area contributed by atoms with Crippen molar-refractivity contribution in [3.63, 3.8) is 0 Å². The lowest BCUT2D eigenvalue weighted by molar-refractivity contribution is 0.150. The Morgan fingerprint density at radius 2 is 1.89 bits per heavy atom. The van der Waals surface area contributed by atoms with Gasteiger partial charge in [0.1, 0.15) is 6.61 Å². The highest BCUT2D eigenvalue weighted by Gasteiger charge is 1.93. The van der Waals surface area contributed by atoms with E-state index in [0.717, 1.165) is 12.0 Å². The lowest BCUT2D eigenvalue weighted by Crippen LogP contribution is -2.12. The molecule has 1 aromatic carbocycles. The molecule has 0 spiro atoms. The molecule has 0 saturated carbocycles. The number of hydrogen-bond donors (Lipinski definition) is 2. The molecule has 0 aliphatic heterocycles. The monoisotopic (exact) mass is 253 g/mol. The van der Waals surface area contributed by atoms with Crippen molar-refractivity contribution in [2.45, 2.75) is 39.2 Å². The zero-order valence-electron chi connectivity index (χ0n) is 11.0. The molecule has 0 radical (unpaired) electrons. The summed E-state index contributed by atoms with van der Waals surface area (Å²) in [6.45, 7) is 2.77. The van der Waals surface area contributed by atoms with Gasteiger partial charge in [-0.3, -0.25) is 0 Å². The summed E-state index contributed by atoms with van der Waals surface area (Å²) in [5.41, 5.74) is 5.72. The second kappa shape index (κ2) is 11.9. The summed E-state index contributed by atoms with van der Waals surface area (Å²) in [4.78, 5) is 10.2. The van der Waals surface area contributed by atoms with E-state index in [9.17, 15) is 4.79 Å². The summed E-state index contributed by atoms with van der Waals surface area (Å²) in [6, 6.07) is 9.37. The van der Waals surface area contributed by atoms with Crippen LogP contribution in [0.3, 0.4) is 0 Å². The molecule has 0 saturated heterocycles. The van der Waals surface area contributed by atoms with Crippen molar-refractivity contribution >= 4 is 6.09 Å². The van der Waals surface area contributed by atoms with Crippen molar-refractivity contribution in [1.82, 2.24) is 0 Å². The van der Waals surface area contributed by atoms with Crippen molar-refractivity contribution in [3.05, 3.63) is 35.9 Å². The van der Waals surface area contributed by atoms with Gasteiger partial charge in [-0.15, -0.1) is 0 Å². The topological polar surface area (TPSA) is 72.5 Å². The number of amides is 1. The summed E-state index contributed by atoms with van der Waals surface area (Å²) in [7, 11) is 0. The van der Waals surface area contributed by atoms with Gasteiger partial charge in [-0.1, -0.05) is 56.5 Å². The Labute approximate surface area is 109 Å². The third-order valence-corrected chi connectivity index (χ3v) is 2.24. The maximum atomic E-state index is 10.2. The molecule has 0 heterocycles. The third-order valence-electron chi connectivity index (χ3n) is 2.24. The van der Waals surface area contributed by atoms with Crippen molar-refractivity contribution < 1.29 is 14.6 Å². The average Bonchev–Trinajstić information content (AvgIpc) is 2.39. The molecule has 0 fully saturated rings. The van der Waals surface area contributed by atoms with Crippen LogP contribution in [0.1, 0.15) is 38.2 Å². The number of aliphatic hydroxyl groups excluding tert-OH is 1. The van der Waals surface area contributed by atoms with Gasteiger partial charge in [-0.05, 0) is 12.0 Å². The van der Waals surface area contributed by atoms with Crippen LogP contribution in [-0.4, -0.2) is 17.8 Å². The van der Waals surface area contributed by atoms with Crippen LogP contribution in [0, 0.1) is 0 Å². The fraction of sp³-hybridized carbons (Fsp3) is 0.500. The van der Waals surface area contributed by atoms with Crippen molar-refractivity contribution in [2.75, 3.05) is 6.61 Å². The first kappa shape index (κ1) is 16.4. The van der Waals surface area contributed by atoms with Gasteiger partial charge >= 0.3 is 6.09 Å². The molecule has 4 heteroatoms. The summed E-state index contributed by atoms with van der Waals surface area (Å²) in [6.07, 6.45) is 3.94. The van der Waals surface area contributed by atoms with E-state index in [0.29, 0.717) is 6.61 Å². The lowest BCUT2D eigenvalue weighted by Gasteiger charge is -1.99. The second-order valence-electron chi connectivity index (χ2n) is 3.88. The number of hydrogen-bond acceptors (Lipinski definition) is 3. The highest BCUT2D eigenvalue weighted by molar-refractivity contribution is 5.64. The molecule has 4 nitrogen and oxygen atoms in total. The van der Waals surface area contributed by atoms with Gasteiger partial charge in [0.2, 0.25) is 0 Å². The lowest BCUT2D eigenvalue weighted by atomic mass is 10.2. The maximum absolute atomic E-state index is 10.2. The van der Waals surface area contributed by atoms with Gasteiger partial charge in [0.25, 0.3) is 0 Å². The van der Waals surface area contributed by atoms with Crippen LogP contribution < -0.4 is 5.73 Å². The predicted octanol–water partition coefficient (Wildman–Crippen LogP) is 2.84. The van der Waals surface area contributed by atoms with E-state index >= 15 is 0 Å². The molecule has 0 atom stereocenters. The van der Waals surface area contributed by atoms with Crippen molar-refractivity contribution in [2.24, 2.45) is 5.73 Å². The zero-order valence-corrected chi connectivity index (χ0v) is 11.0. The fourth-order valence-corrected chi connectivity index (χ4v) is 1.27. The predicted molar refractivity (Wildman–Crippen MR) is 72.0 cm³/mol. The Morgan fingerprint density at radius 1 is 1.22 bits per heavy atom. The molecule has 1 aromatic rings. The molecule has 0 aliphatic carbocycles. The Balaban J connectivity index is 0.000000360. The Morgan fingerprint density at radius 3 is 2.39 bits per heavy atom. The molecule has 102 valence electrons. The largest absolute Gasteiger partial charge is 0.445 e. The highest BCUT2D eigenvalue weighted by Crippen LogP contribution is 1.99. The standard InChI is InChI=1S/C8H9NO2.C6H14O/c9-8(10)11-6-7-4-2-1-3-5-7;1-2-3-4-5-6-7/h1-5H,6H2,(H2,9,10);7H,2-6H2,1H3. The SMILES string of the molecule is CCCCCCO.NC(=O)OCc1ccccc1. The number of primary amides is 1. The second-order valence-corrected chi connectivity index (χ2v) is 3.88. The van der Waals surface area contributed by atoms with Crippen LogP contribution in [0.5, 0.6) is 0 Å². The van der Waals surface area contributed by atoms with E-state index in [1.54, 1.807) is 0 Å². The zero-order chi connectivity index (χ0) is 13.6. The normalized spacial score (nSPS) is 9.22. The molecule has 0 aromatic heterocycles. The van der Waals surface area contributed by atoms with Gasteiger partial charge in [-0.2, -0.15) is 0 Å². The minimum absolute atomic E-state index is 0.246. The minimum Gasteiger partial charge on any atom is -0.445 e. The van der Waals surface area contributed by atoms with Gasteiger partial charge in [0.05, 0.1) is 0 Å². The Bertz CT molecular complexity index is 297. The van der Waals surface area contributed by atoms with Crippen LogP contribution in [-0.2, 0) is 11.3 Å². The Hall–Kier alpha value is -1.55. The van der Waals surface area contributed by atoms with Crippen LogP contribution in [0.4, 0.5) is 4.79 Å². The number of carbonyl (C=O) groups is 1. The summed E-state index contributed by atoms with van der Waals surface area (Å²) >= 11 is 0. The number of ether oxygens (including phenoxy) is 1. The van der Waals surface area contributed by atoms with Crippen LogP contribution >= 0.6 is 0 Å². The first-order chi connectivity index (χ1) is 8.70. The number of benzene rings is 1. The van der Waals surface area contributed by atoms with Crippen molar-refractivity contribution in [3.8, 4) is 0 Å². The van der Waals surface area contributed by atoms with Gasteiger partial charge < -0.3 is 15.6 Å². The molecule has 0 bridgehead atoms. The van der Waals surface area contributed by atoms with E-state index in [1.165, 1.54) is 19.3 Å². The number of rotatable bonds is 6. The first-order valence-corrected chi connectivity index (χ1v) is 6.27. The van der Waals surface area contributed by atoms with Crippen molar-refractivity contribution in [1.29, 1.82) is 0 Å². The number of unbranched alkanes of at least 4 members (excludes halogenated alkanes) is 3. The molecule has 18 heavy (non-hydrogen) atoms. The molecule has 1 amide bonds. The van der Waals surface area contributed by atoms with Crippen LogP contribution in [0.2, 0.25) is 0 Å². The Kier molecular flexibility index (Phi) is 10.9. The maximum Gasteiger partial charge on any atom is 0.404 e. The quantitative estimate of drug-likeness (QED) is 0.766.